The zero-order chi connectivity index (χ0) is 15.4. The van der Waals surface area contributed by atoms with Gasteiger partial charge in [0.2, 0.25) is 5.91 Å². The zero-order valence-electron chi connectivity index (χ0n) is 11.8. The Morgan fingerprint density at radius 2 is 2.10 bits per heavy atom. The van der Waals surface area contributed by atoms with Crippen LogP contribution in [0.15, 0.2) is 29.2 Å². The fourth-order valence-electron chi connectivity index (χ4n) is 1.96. The molecule has 3 N–H and O–H groups in total. The molecule has 21 heavy (non-hydrogen) atoms. The van der Waals surface area contributed by atoms with Crippen LogP contribution in [0, 0.1) is 16.0 Å². The summed E-state index contributed by atoms with van der Waals surface area (Å²) in [5, 5.41) is 13.2. The van der Waals surface area contributed by atoms with E-state index in [0.29, 0.717) is 12.5 Å². The minimum atomic E-state index is -0.441. The van der Waals surface area contributed by atoms with Gasteiger partial charge in [0, 0.05) is 29.6 Å². The van der Waals surface area contributed by atoms with Crippen molar-refractivity contribution in [3.63, 3.8) is 0 Å². The lowest BCUT2D eigenvalue weighted by Gasteiger charge is -2.15. The van der Waals surface area contributed by atoms with Crippen LogP contribution >= 0.6 is 11.8 Å². The summed E-state index contributed by atoms with van der Waals surface area (Å²) in [6.45, 7) is 2.32. The van der Waals surface area contributed by atoms with E-state index >= 15 is 0 Å². The third-order valence-corrected chi connectivity index (χ3v) is 4.58. The van der Waals surface area contributed by atoms with E-state index in [-0.39, 0.29) is 22.9 Å². The minimum Gasteiger partial charge on any atom is -0.354 e. The molecule has 114 valence electrons. The van der Waals surface area contributed by atoms with Crippen LogP contribution in [-0.4, -0.2) is 28.7 Å². The topological polar surface area (TPSA) is 98.3 Å². The second-order valence-corrected chi connectivity index (χ2v) is 6.67. The normalized spacial score (nSPS) is 17.0. The Morgan fingerprint density at radius 3 is 2.62 bits per heavy atom. The number of nitrogens with two attached hydrogens (primary N) is 1. The Hall–Kier alpha value is -1.60. The number of benzene rings is 1. The van der Waals surface area contributed by atoms with Crippen molar-refractivity contribution in [1.82, 2.24) is 5.32 Å². The van der Waals surface area contributed by atoms with Gasteiger partial charge >= 0.3 is 0 Å². The molecule has 1 aliphatic carbocycles. The molecule has 1 aromatic rings. The lowest BCUT2D eigenvalue weighted by atomic mass is 10.2. The van der Waals surface area contributed by atoms with Crippen LogP contribution in [0.3, 0.4) is 0 Å². The standard InChI is InChI=1S/C14H19N3O3S/c1-9(14(18)16-8-13(15)10-2-3-10)21-12-6-4-11(5-7-12)17(19)20/h4-7,9-10,13H,2-3,8,15H2,1H3,(H,16,18). The van der Waals surface area contributed by atoms with Gasteiger partial charge in [-0.25, -0.2) is 0 Å². The van der Waals surface area contributed by atoms with Crippen molar-refractivity contribution in [2.75, 3.05) is 6.54 Å². The first-order chi connectivity index (χ1) is 9.97. The van der Waals surface area contributed by atoms with Crippen LogP contribution in [0.2, 0.25) is 0 Å². The number of carbonyl (C=O) groups excluding carboxylic acids is 1. The highest BCUT2D eigenvalue weighted by molar-refractivity contribution is 8.00. The van der Waals surface area contributed by atoms with Gasteiger partial charge in [-0.2, -0.15) is 0 Å². The van der Waals surface area contributed by atoms with E-state index in [4.69, 9.17) is 5.73 Å². The average Bonchev–Trinajstić information content (AvgIpc) is 3.29. The molecule has 1 saturated carbocycles. The quantitative estimate of drug-likeness (QED) is 0.455. The van der Waals surface area contributed by atoms with E-state index in [9.17, 15) is 14.9 Å². The van der Waals surface area contributed by atoms with E-state index in [1.807, 2.05) is 6.92 Å². The van der Waals surface area contributed by atoms with Gasteiger partial charge in [-0.1, -0.05) is 0 Å². The minimum absolute atomic E-state index is 0.0468. The summed E-state index contributed by atoms with van der Waals surface area (Å²) in [5.41, 5.74) is 5.99. The fourth-order valence-corrected chi connectivity index (χ4v) is 2.85. The number of carbonyl (C=O) groups is 1. The first kappa shape index (κ1) is 15.8. The molecule has 1 amide bonds. The van der Waals surface area contributed by atoms with Gasteiger partial charge in [-0.3, -0.25) is 14.9 Å². The number of nitrogens with zero attached hydrogens (tertiary/aromatic N) is 1. The number of amides is 1. The molecule has 0 bridgehead atoms. The number of rotatable bonds is 7. The fraction of sp³-hybridized carbons (Fsp3) is 0.500. The average molecular weight is 309 g/mol. The number of hydrogen-bond donors (Lipinski definition) is 2. The van der Waals surface area contributed by atoms with Crippen LogP contribution in [0.1, 0.15) is 19.8 Å². The van der Waals surface area contributed by atoms with E-state index in [2.05, 4.69) is 5.32 Å². The molecule has 0 aliphatic heterocycles. The summed E-state index contributed by atoms with van der Waals surface area (Å²) < 4.78 is 0. The van der Waals surface area contributed by atoms with Gasteiger partial charge in [-0.15, -0.1) is 11.8 Å². The van der Waals surface area contributed by atoms with Crippen molar-refractivity contribution < 1.29 is 9.72 Å². The maximum absolute atomic E-state index is 12.0. The number of thioether (sulfide) groups is 1. The smallest absolute Gasteiger partial charge is 0.269 e. The molecule has 1 aliphatic rings. The van der Waals surface area contributed by atoms with Gasteiger partial charge in [0.1, 0.15) is 0 Å². The lowest BCUT2D eigenvalue weighted by molar-refractivity contribution is -0.384. The van der Waals surface area contributed by atoms with Crippen molar-refractivity contribution in [2.45, 2.75) is 36.0 Å². The first-order valence-electron chi connectivity index (χ1n) is 6.92. The molecule has 0 saturated heterocycles. The van der Waals surface area contributed by atoms with Crippen LogP contribution in [0.5, 0.6) is 0 Å². The highest BCUT2D eigenvalue weighted by atomic mass is 32.2. The molecular weight excluding hydrogens is 290 g/mol. The predicted molar refractivity (Wildman–Crippen MR) is 82.1 cm³/mol. The summed E-state index contributed by atoms with van der Waals surface area (Å²) in [4.78, 5) is 22.9. The molecule has 1 fully saturated rings. The van der Waals surface area contributed by atoms with Crippen molar-refractivity contribution >= 4 is 23.4 Å². The summed E-state index contributed by atoms with van der Waals surface area (Å²) >= 11 is 1.37. The van der Waals surface area contributed by atoms with E-state index < -0.39 is 4.92 Å². The molecule has 0 radical (unpaired) electrons. The van der Waals surface area contributed by atoms with Crippen LogP contribution in [-0.2, 0) is 4.79 Å². The lowest BCUT2D eigenvalue weighted by Crippen LogP contribution is -2.41. The van der Waals surface area contributed by atoms with Crippen molar-refractivity contribution in [1.29, 1.82) is 0 Å². The number of nitro benzene ring substituents is 1. The van der Waals surface area contributed by atoms with Crippen molar-refractivity contribution in [3.8, 4) is 0 Å². The highest BCUT2D eigenvalue weighted by Crippen LogP contribution is 2.31. The maximum Gasteiger partial charge on any atom is 0.269 e. The van der Waals surface area contributed by atoms with Gasteiger partial charge in [0.15, 0.2) is 0 Å². The molecule has 0 spiro atoms. The number of hydrogen-bond acceptors (Lipinski definition) is 5. The van der Waals surface area contributed by atoms with Crippen molar-refractivity contribution in [3.05, 3.63) is 34.4 Å². The van der Waals surface area contributed by atoms with E-state index in [1.165, 1.54) is 23.9 Å². The molecular formula is C14H19N3O3S. The SMILES string of the molecule is CC(Sc1ccc([N+](=O)[O-])cc1)C(=O)NCC(N)C1CC1. The maximum atomic E-state index is 12.0. The summed E-state index contributed by atoms with van der Waals surface area (Å²) in [7, 11) is 0. The third-order valence-electron chi connectivity index (χ3n) is 3.47. The second-order valence-electron chi connectivity index (χ2n) is 5.26. The van der Waals surface area contributed by atoms with E-state index in [0.717, 1.165) is 17.7 Å². The Morgan fingerprint density at radius 1 is 1.48 bits per heavy atom. The molecule has 0 heterocycles. The second kappa shape index (κ2) is 6.91. The summed E-state index contributed by atoms with van der Waals surface area (Å²) in [5.74, 6) is 0.498. The van der Waals surface area contributed by atoms with Crippen molar-refractivity contribution in [2.24, 2.45) is 11.7 Å². The summed E-state index contributed by atoms with van der Waals surface area (Å²) in [6, 6.07) is 6.24. The predicted octanol–water partition coefficient (Wildman–Crippen LogP) is 1.93. The number of nitrogens with one attached hydrogen (secondary N) is 1. The largest absolute Gasteiger partial charge is 0.354 e. The monoisotopic (exact) mass is 309 g/mol. The van der Waals surface area contributed by atoms with Crippen LogP contribution in [0.25, 0.3) is 0 Å². The Bertz CT molecular complexity index is 517. The molecule has 2 unspecified atom stereocenters. The Labute approximate surface area is 127 Å². The molecule has 2 rings (SSSR count). The van der Waals surface area contributed by atoms with Crippen LogP contribution in [0.4, 0.5) is 5.69 Å². The van der Waals surface area contributed by atoms with Gasteiger partial charge in [0.05, 0.1) is 10.2 Å². The highest BCUT2D eigenvalue weighted by Gasteiger charge is 2.28. The third kappa shape index (κ3) is 4.71. The summed E-state index contributed by atoms with van der Waals surface area (Å²) in [6.07, 6.45) is 2.31. The first-order valence-corrected chi connectivity index (χ1v) is 7.79. The molecule has 7 heteroatoms. The molecule has 1 aromatic carbocycles. The van der Waals surface area contributed by atoms with Gasteiger partial charge < -0.3 is 11.1 Å². The van der Waals surface area contributed by atoms with Gasteiger partial charge in [0.25, 0.3) is 5.69 Å². The zero-order valence-corrected chi connectivity index (χ0v) is 12.6. The van der Waals surface area contributed by atoms with E-state index in [1.54, 1.807) is 12.1 Å². The molecule has 0 aromatic heterocycles. The van der Waals surface area contributed by atoms with Gasteiger partial charge in [-0.05, 0) is 37.8 Å². The molecule has 6 nitrogen and oxygen atoms in total. The molecule has 2 atom stereocenters. The Kier molecular flexibility index (Phi) is 5.19. The van der Waals surface area contributed by atoms with Crippen LogP contribution < -0.4 is 11.1 Å². The number of nitro groups is 1. The number of non-ortho nitro benzene ring substituents is 1. The Balaban J connectivity index is 1.80.